The first-order chi connectivity index (χ1) is 9.12. The van der Waals surface area contributed by atoms with Gasteiger partial charge in [-0.1, -0.05) is 6.07 Å². The van der Waals surface area contributed by atoms with Gasteiger partial charge in [0.1, 0.15) is 11.8 Å². The van der Waals surface area contributed by atoms with Crippen LogP contribution in [0.15, 0.2) is 18.2 Å². The maximum Gasteiger partial charge on any atom is 0.305 e. The van der Waals surface area contributed by atoms with Crippen LogP contribution in [-0.2, 0) is 9.53 Å². The number of nitrogens with zero attached hydrogens (tertiary/aromatic N) is 1. The molecule has 0 aliphatic heterocycles. The van der Waals surface area contributed by atoms with Crippen LogP contribution >= 0.6 is 0 Å². The van der Waals surface area contributed by atoms with Crippen LogP contribution in [0.5, 0.6) is 5.75 Å². The van der Waals surface area contributed by atoms with E-state index in [0.29, 0.717) is 23.5 Å². The summed E-state index contributed by atoms with van der Waals surface area (Å²) in [7, 11) is 1.48. The van der Waals surface area contributed by atoms with E-state index in [9.17, 15) is 9.90 Å². The van der Waals surface area contributed by atoms with Gasteiger partial charge in [-0.2, -0.15) is 5.26 Å². The number of hydrogen-bond acceptors (Lipinski definition) is 5. The van der Waals surface area contributed by atoms with Crippen molar-refractivity contribution < 1.29 is 19.4 Å². The molecule has 19 heavy (non-hydrogen) atoms. The molecule has 0 radical (unpaired) electrons. The maximum absolute atomic E-state index is 11.2. The first-order valence-corrected chi connectivity index (χ1v) is 6.04. The molecule has 0 aliphatic rings. The maximum atomic E-state index is 11.2. The molecule has 0 saturated heterocycles. The van der Waals surface area contributed by atoms with Crippen molar-refractivity contribution in [2.45, 2.75) is 25.9 Å². The van der Waals surface area contributed by atoms with E-state index >= 15 is 0 Å². The number of hydrogen-bond donors (Lipinski definition) is 1. The lowest BCUT2D eigenvalue weighted by Crippen LogP contribution is -2.07. The van der Waals surface area contributed by atoms with Gasteiger partial charge in [0.2, 0.25) is 0 Å². The van der Waals surface area contributed by atoms with Crippen molar-refractivity contribution in [3.05, 3.63) is 29.3 Å². The van der Waals surface area contributed by atoms with Crippen molar-refractivity contribution in [3.8, 4) is 11.8 Å². The van der Waals surface area contributed by atoms with Crippen molar-refractivity contribution in [3.63, 3.8) is 0 Å². The second kappa shape index (κ2) is 7.39. The van der Waals surface area contributed by atoms with Crippen LogP contribution in [0.25, 0.3) is 0 Å². The fraction of sp³-hybridized carbons (Fsp3) is 0.429. The van der Waals surface area contributed by atoms with Gasteiger partial charge in [0.25, 0.3) is 0 Å². The molecule has 1 atom stereocenters. The second-order valence-electron chi connectivity index (χ2n) is 3.93. The fourth-order valence-corrected chi connectivity index (χ4v) is 1.67. The first-order valence-electron chi connectivity index (χ1n) is 6.04. The minimum absolute atomic E-state index is 0.142. The standard InChI is InChI=1S/C14H17NO4/c1-3-19-14(17)7-5-12(16)10-4-6-13(18-2)11(8-10)9-15/h4,6,8,12,16H,3,5,7H2,1-2H3. The average Bonchev–Trinajstić information content (AvgIpc) is 2.44. The number of aliphatic hydroxyl groups is 1. The molecule has 0 amide bonds. The van der Waals surface area contributed by atoms with E-state index in [1.54, 1.807) is 25.1 Å². The minimum atomic E-state index is -0.803. The minimum Gasteiger partial charge on any atom is -0.495 e. The highest BCUT2D eigenvalue weighted by Crippen LogP contribution is 2.25. The Kier molecular flexibility index (Phi) is 5.83. The van der Waals surface area contributed by atoms with Crippen molar-refractivity contribution in [2.75, 3.05) is 13.7 Å². The number of ether oxygens (including phenoxy) is 2. The van der Waals surface area contributed by atoms with Gasteiger partial charge in [0.05, 0.1) is 25.4 Å². The molecular formula is C14H17NO4. The predicted octanol–water partition coefficient (Wildman–Crippen LogP) is 1.94. The van der Waals surface area contributed by atoms with Crippen LogP contribution in [-0.4, -0.2) is 24.8 Å². The molecule has 1 aromatic carbocycles. The van der Waals surface area contributed by atoms with E-state index < -0.39 is 6.10 Å². The summed E-state index contributed by atoms with van der Waals surface area (Å²) in [6.07, 6.45) is -0.402. The van der Waals surface area contributed by atoms with Crippen LogP contribution in [0.1, 0.15) is 37.0 Å². The van der Waals surface area contributed by atoms with E-state index in [1.165, 1.54) is 7.11 Å². The third kappa shape index (κ3) is 4.27. The van der Waals surface area contributed by atoms with Gasteiger partial charge in [0, 0.05) is 6.42 Å². The Balaban J connectivity index is 2.70. The van der Waals surface area contributed by atoms with Crippen LogP contribution in [0.2, 0.25) is 0 Å². The van der Waals surface area contributed by atoms with Crippen LogP contribution in [0, 0.1) is 11.3 Å². The molecule has 0 saturated carbocycles. The van der Waals surface area contributed by atoms with Crippen LogP contribution in [0.3, 0.4) is 0 Å². The molecule has 0 fully saturated rings. The second-order valence-corrected chi connectivity index (χ2v) is 3.93. The summed E-state index contributed by atoms with van der Waals surface area (Å²) in [5, 5.41) is 18.9. The SMILES string of the molecule is CCOC(=O)CCC(O)c1ccc(OC)c(C#N)c1. The molecule has 0 bridgehead atoms. The molecule has 1 unspecified atom stereocenters. The number of esters is 1. The number of aliphatic hydroxyl groups excluding tert-OH is 1. The van der Waals surface area contributed by atoms with Crippen molar-refractivity contribution in [2.24, 2.45) is 0 Å². The summed E-state index contributed by atoms with van der Waals surface area (Å²) in [5.41, 5.74) is 0.942. The average molecular weight is 263 g/mol. The quantitative estimate of drug-likeness (QED) is 0.793. The highest BCUT2D eigenvalue weighted by molar-refractivity contribution is 5.69. The summed E-state index contributed by atoms with van der Waals surface area (Å²) < 4.78 is 9.81. The molecule has 1 aromatic rings. The molecule has 0 aliphatic carbocycles. The molecule has 5 nitrogen and oxygen atoms in total. The van der Waals surface area contributed by atoms with E-state index in [0.717, 1.165) is 0 Å². The van der Waals surface area contributed by atoms with Gasteiger partial charge in [-0.3, -0.25) is 4.79 Å². The van der Waals surface area contributed by atoms with Gasteiger partial charge in [0.15, 0.2) is 0 Å². The Morgan fingerprint density at radius 3 is 2.84 bits per heavy atom. The van der Waals surface area contributed by atoms with Crippen molar-refractivity contribution in [1.29, 1.82) is 5.26 Å². The van der Waals surface area contributed by atoms with Crippen molar-refractivity contribution in [1.82, 2.24) is 0 Å². The topological polar surface area (TPSA) is 79.6 Å². The van der Waals surface area contributed by atoms with Gasteiger partial charge in [-0.15, -0.1) is 0 Å². The Morgan fingerprint density at radius 2 is 2.26 bits per heavy atom. The third-order valence-corrected chi connectivity index (χ3v) is 2.66. The summed E-state index contributed by atoms with van der Waals surface area (Å²) >= 11 is 0. The lowest BCUT2D eigenvalue weighted by molar-refractivity contribution is -0.143. The summed E-state index contributed by atoms with van der Waals surface area (Å²) in [5.74, 6) is 0.124. The summed E-state index contributed by atoms with van der Waals surface area (Å²) in [6.45, 7) is 2.06. The van der Waals surface area contributed by atoms with E-state index in [-0.39, 0.29) is 18.8 Å². The van der Waals surface area contributed by atoms with Crippen LogP contribution < -0.4 is 4.74 Å². The smallest absolute Gasteiger partial charge is 0.305 e. The van der Waals surface area contributed by atoms with Crippen LogP contribution in [0.4, 0.5) is 0 Å². The number of carbonyl (C=O) groups is 1. The van der Waals surface area contributed by atoms with Crippen molar-refractivity contribution >= 4 is 5.97 Å². The third-order valence-electron chi connectivity index (χ3n) is 2.66. The Labute approximate surface area is 112 Å². The number of rotatable bonds is 6. The molecule has 1 N–H and O–H groups in total. The molecule has 0 heterocycles. The molecule has 0 aromatic heterocycles. The Hall–Kier alpha value is -2.06. The van der Waals surface area contributed by atoms with Gasteiger partial charge in [-0.25, -0.2) is 0 Å². The molecule has 102 valence electrons. The lowest BCUT2D eigenvalue weighted by atomic mass is 10.0. The highest BCUT2D eigenvalue weighted by Gasteiger charge is 2.13. The van der Waals surface area contributed by atoms with Gasteiger partial charge >= 0.3 is 5.97 Å². The summed E-state index contributed by atoms with van der Waals surface area (Å²) in [4.78, 5) is 11.2. The van der Waals surface area contributed by atoms with E-state index in [4.69, 9.17) is 14.7 Å². The zero-order chi connectivity index (χ0) is 14.3. The number of benzene rings is 1. The fourth-order valence-electron chi connectivity index (χ4n) is 1.67. The number of nitriles is 1. The Morgan fingerprint density at radius 1 is 1.53 bits per heavy atom. The predicted molar refractivity (Wildman–Crippen MR) is 68.5 cm³/mol. The molecule has 5 heteroatoms. The molecule has 0 spiro atoms. The number of carbonyl (C=O) groups excluding carboxylic acids is 1. The Bertz CT molecular complexity index is 479. The normalized spacial score (nSPS) is 11.5. The van der Waals surface area contributed by atoms with E-state index in [2.05, 4.69) is 0 Å². The van der Waals surface area contributed by atoms with Gasteiger partial charge < -0.3 is 14.6 Å². The zero-order valence-corrected chi connectivity index (χ0v) is 11.0. The largest absolute Gasteiger partial charge is 0.495 e. The number of methoxy groups -OCH3 is 1. The first kappa shape index (κ1) is 15.0. The zero-order valence-electron chi connectivity index (χ0n) is 11.0. The van der Waals surface area contributed by atoms with Gasteiger partial charge in [-0.05, 0) is 31.0 Å². The van der Waals surface area contributed by atoms with E-state index in [1.807, 2.05) is 6.07 Å². The highest BCUT2D eigenvalue weighted by atomic mass is 16.5. The lowest BCUT2D eigenvalue weighted by Gasteiger charge is -2.12. The monoisotopic (exact) mass is 263 g/mol. The summed E-state index contributed by atoms with van der Waals surface area (Å²) in [6, 6.07) is 6.87. The molecule has 1 rings (SSSR count). The molecular weight excluding hydrogens is 246 g/mol.